The highest BCUT2D eigenvalue weighted by atomic mass is 35.5. The minimum absolute atomic E-state index is 0.373. The zero-order valence-corrected chi connectivity index (χ0v) is 11.4. The van der Waals surface area contributed by atoms with Gasteiger partial charge < -0.3 is 5.11 Å². The molecule has 0 fully saturated rings. The van der Waals surface area contributed by atoms with E-state index in [1.165, 1.54) is 6.20 Å². The predicted molar refractivity (Wildman–Crippen MR) is 70.8 cm³/mol. The number of halogens is 2. The van der Waals surface area contributed by atoms with Gasteiger partial charge in [-0.2, -0.15) is 5.10 Å². The van der Waals surface area contributed by atoms with Crippen LogP contribution in [0.25, 0.3) is 0 Å². The summed E-state index contributed by atoms with van der Waals surface area (Å²) in [7, 11) is 0. The first-order valence-corrected chi connectivity index (χ1v) is 6.36. The standard InChI is InChI=1S/C12H13Cl2N3O/c1-2-17-7-8(5-16-17)3-11(18)12-10(14)4-9(13)6-15-12/h4-7,11,18H,2-3H2,1H3. The molecule has 0 aromatic carbocycles. The van der Waals surface area contributed by atoms with E-state index >= 15 is 0 Å². The second-order valence-electron chi connectivity index (χ2n) is 3.94. The van der Waals surface area contributed by atoms with Crippen molar-refractivity contribution in [2.45, 2.75) is 26.0 Å². The third-order valence-electron chi connectivity index (χ3n) is 2.59. The van der Waals surface area contributed by atoms with Crippen LogP contribution in [0, 0.1) is 0 Å². The van der Waals surface area contributed by atoms with Crippen molar-refractivity contribution < 1.29 is 5.11 Å². The number of aliphatic hydroxyl groups excluding tert-OH is 1. The lowest BCUT2D eigenvalue weighted by atomic mass is 10.1. The molecule has 1 unspecified atom stereocenters. The molecule has 0 saturated carbocycles. The number of rotatable bonds is 4. The molecule has 96 valence electrons. The molecule has 0 spiro atoms. The first-order chi connectivity index (χ1) is 8.60. The van der Waals surface area contributed by atoms with E-state index in [-0.39, 0.29) is 0 Å². The lowest BCUT2D eigenvalue weighted by molar-refractivity contribution is 0.173. The van der Waals surface area contributed by atoms with Crippen LogP contribution in [0.15, 0.2) is 24.7 Å². The molecular weight excluding hydrogens is 273 g/mol. The van der Waals surface area contributed by atoms with Crippen LogP contribution in [0.5, 0.6) is 0 Å². The van der Waals surface area contributed by atoms with Crippen LogP contribution in [-0.2, 0) is 13.0 Å². The molecule has 1 N–H and O–H groups in total. The average Bonchev–Trinajstić information content (AvgIpc) is 2.76. The van der Waals surface area contributed by atoms with Crippen molar-refractivity contribution in [1.82, 2.24) is 14.8 Å². The third-order valence-corrected chi connectivity index (χ3v) is 3.10. The van der Waals surface area contributed by atoms with E-state index in [0.717, 1.165) is 12.1 Å². The van der Waals surface area contributed by atoms with Crippen molar-refractivity contribution in [3.8, 4) is 0 Å². The van der Waals surface area contributed by atoms with Crippen molar-refractivity contribution in [3.05, 3.63) is 46.0 Å². The summed E-state index contributed by atoms with van der Waals surface area (Å²) in [5.41, 5.74) is 1.38. The van der Waals surface area contributed by atoms with Crippen molar-refractivity contribution in [2.75, 3.05) is 0 Å². The van der Waals surface area contributed by atoms with Crippen LogP contribution < -0.4 is 0 Å². The number of aliphatic hydroxyl groups is 1. The Hall–Kier alpha value is -1.10. The number of nitrogens with zero attached hydrogens (tertiary/aromatic N) is 3. The number of hydrogen-bond acceptors (Lipinski definition) is 3. The molecule has 0 radical (unpaired) electrons. The molecule has 2 aromatic rings. The number of aryl methyl sites for hydroxylation is 1. The van der Waals surface area contributed by atoms with Gasteiger partial charge in [0.1, 0.15) is 6.10 Å². The van der Waals surface area contributed by atoms with Gasteiger partial charge in [-0.25, -0.2) is 0 Å². The maximum Gasteiger partial charge on any atom is 0.102 e. The van der Waals surface area contributed by atoms with Gasteiger partial charge in [0, 0.05) is 25.4 Å². The zero-order valence-electron chi connectivity index (χ0n) is 9.85. The minimum atomic E-state index is -0.760. The van der Waals surface area contributed by atoms with E-state index in [4.69, 9.17) is 23.2 Å². The van der Waals surface area contributed by atoms with Crippen molar-refractivity contribution >= 4 is 23.2 Å². The highest BCUT2D eigenvalue weighted by Gasteiger charge is 2.15. The molecule has 0 bridgehead atoms. The predicted octanol–water partition coefficient (Wildman–Crippen LogP) is 2.88. The summed E-state index contributed by atoms with van der Waals surface area (Å²) in [5.74, 6) is 0. The first-order valence-electron chi connectivity index (χ1n) is 5.60. The molecule has 2 heterocycles. The molecule has 1 atom stereocenters. The molecule has 0 aliphatic carbocycles. The van der Waals surface area contributed by atoms with Gasteiger partial charge in [-0.3, -0.25) is 9.67 Å². The molecule has 0 aliphatic rings. The van der Waals surface area contributed by atoms with Gasteiger partial charge in [-0.05, 0) is 18.6 Å². The maximum atomic E-state index is 10.1. The Kier molecular flexibility index (Phi) is 4.22. The Bertz CT molecular complexity index is 542. The molecular formula is C12H13Cl2N3O. The Balaban J connectivity index is 2.13. The molecule has 0 saturated heterocycles. The molecule has 0 aliphatic heterocycles. The maximum absolute atomic E-state index is 10.1. The normalized spacial score (nSPS) is 12.7. The summed E-state index contributed by atoms with van der Waals surface area (Å²) in [4.78, 5) is 4.06. The van der Waals surface area contributed by atoms with Gasteiger partial charge in [-0.15, -0.1) is 0 Å². The summed E-state index contributed by atoms with van der Waals surface area (Å²) < 4.78 is 1.80. The number of hydrogen-bond donors (Lipinski definition) is 1. The van der Waals surface area contributed by atoms with E-state index in [2.05, 4.69) is 10.1 Å². The molecule has 2 rings (SSSR count). The van der Waals surface area contributed by atoms with Crippen LogP contribution in [0.1, 0.15) is 24.3 Å². The van der Waals surface area contributed by atoms with Crippen LogP contribution in [0.2, 0.25) is 10.0 Å². The Labute approximate surface area is 115 Å². The molecule has 2 aromatic heterocycles. The molecule has 0 amide bonds. The third kappa shape index (κ3) is 3.02. The van der Waals surface area contributed by atoms with E-state index in [1.54, 1.807) is 16.9 Å². The molecule has 6 heteroatoms. The van der Waals surface area contributed by atoms with Crippen LogP contribution in [0.3, 0.4) is 0 Å². The van der Waals surface area contributed by atoms with Crippen LogP contribution >= 0.6 is 23.2 Å². The Morgan fingerprint density at radius 2 is 2.17 bits per heavy atom. The van der Waals surface area contributed by atoms with Gasteiger partial charge in [-0.1, -0.05) is 23.2 Å². The summed E-state index contributed by atoms with van der Waals surface area (Å²) in [5, 5.41) is 15.1. The van der Waals surface area contributed by atoms with Crippen molar-refractivity contribution in [1.29, 1.82) is 0 Å². The Morgan fingerprint density at radius 1 is 1.39 bits per heavy atom. The summed E-state index contributed by atoms with van der Waals surface area (Å²) >= 11 is 11.8. The smallest absolute Gasteiger partial charge is 0.102 e. The fraction of sp³-hybridized carbons (Fsp3) is 0.333. The van der Waals surface area contributed by atoms with Gasteiger partial charge in [0.05, 0.1) is 21.9 Å². The quantitative estimate of drug-likeness (QED) is 0.940. The van der Waals surface area contributed by atoms with Gasteiger partial charge >= 0.3 is 0 Å². The van der Waals surface area contributed by atoms with Crippen LogP contribution in [-0.4, -0.2) is 19.9 Å². The van der Waals surface area contributed by atoms with Crippen molar-refractivity contribution in [2.24, 2.45) is 0 Å². The largest absolute Gasteiger partial charge is 0.386 e. The lowest BCUT2D eigenvalue weighted by Crippen LogP contribution is -2.04. The Morgan fingerprint density at radius 3 is 2.78 bits per heavy atom. The highest BCUT2D eigenvalue weighted by molar-refractivity contribution is 6.34. The number of pyridine rings is 1. The summed E-state index contributed by atoms with van der Waals surface area (Å²) in [6.07, 6.45) is 4.77. The fourth-order valence-corrected chi connectivity index (χ4v) is 2.18. The van der Waals surface area contributed by atoms with E-state index < -0.39 is 6.10 Å². The minimum Gasteiger partial charge on any atom is -0.386 e. The van der Waals surface area contributed by atoms with Crippen molar-refractivity contribution in [3.63, 3.8) is 0 Å². The van der Waals surface area contributed by atoms with Gasteiger partial charge in [0.15, 0.2) is 0 Å². The van der Waals surface area contributed by atoms with E-state index in [0.29, 0.717) is 22.2 Å². The van der Waals surface area contributed by atoms with E-state index in [1.807, 2.05) is 13.1 Å². The fourth-order valence-electron chi connectivity index (χ4n) is 1.68. The summed E-state index contributed by atoms with van der Waals surface area (Å²) in [6.45, 7) is 2.81. The molecule has 18 heavy (non-hydrogen) atoms. The average molecular weight is 286 g/mol. The van der Waals surface area contributed by atoms with Gasteiger partial charge in [0.25, 0.3) is 0 Å². The van der Waals surface area contributed by atoms with Gasteiger partial charge in [0.2, 0.25) is 0 Å². The topological polar surface area (TPSA) is 50.9 Å². The summed E-state index contributed by atoms with van der Waals surface area (Å²) in [6, 6.07) is 1.57. The van der Waals surface area contributed by atoms with E-state index in [9.17, 15) is 5.11 Å². The second kappa shape index (κ2) is 5.69. The second-order valence-corrected chi connectivity index (χ2v) is 4.79. The molecule has 4 nitrogen and oxygen atoms in total. The lowest BCUT2D eigenvalue weighted by Gasteiger charge is -2.10. The number of aromatic nitrogens is 3. The zero-order chi connectivity index (χ0) is 13.1. The highest BCUT2D eigenvalue weighted by Crippen LogP contribution is 2.25. The monoisotopic (exact) mass is 285 g/mol. The first kappa shape index (κ1) is 13.3. The van der Waals surface area contributed by atoms with Crippen LogP contribution in [0.4, 0.5) is 0 Å². The SMILES string of the molecule is CCn1cc(CC(O)c2ncc(Cl)cc2Cl)cn1.